The molecule has 0 spiro atoms. The molecule has 0 aliphatic heterocycles. The van der Waals surface area contributed by atoms with E-state index in [1.165, 1.54) is 46.1 Å². The molecular weight excluding hydrogens is 244 g/mol. The van der Waals surface area contributed by atoms with Crippen LogP contribution in [0.4, 0.5) is 0 Å². The van der Waals surface area contributed by atoms with Crippen LogP contribution in [0.5, 0.6) is 0 Å². The van der Waals surface area contributed by atoms with Crippen LogP contribution in [0, 0.1) is 0 Å². The number of esters is 2. The normalized spacial score (nSPS) is 10.2. The largest absolute Gasteiger partial charge is 0.469 e. The Bertz CT molecular complexity index is 238. The lowest BCUT2D eigenvalue weighted by molar-refractivity contribution is -0.141. The summed E-state index contributed by atoms with van der Waals surface area (Å²) in [5.41, 5.74) is 0. The first-order valence-electron chi connectivity index (χ1n) is 7.37. The Labute approximate surface area is 116 Å². The SMILES string of the molecule is COC(=O)CCCCCCCCCCCOC(C)=O. The molecule has 112 valence electrons. The number of unbranched alkanes of at least 4 members (excludes halogenated alkanes) is 8. The van der Waals surface area contributed by atoms with E-state index < -0.39 is 0 Å². The highest BCUT2D eigenvalue weighted by molar-refractivity contribution is 5.68. The predicted octanol–water partition coefficient (Wildman–Crippen LogP) is 3.62. The summed E-state index contributed by atoms with van der Waals surface area (Å²) in [5, 5.41) is 0. The van der Waals surface area contributed by atoms with E-state index in [1.54, 1.807) is 0 Å². The molecule has 0 aromatic heterocycles. The molecule has 0 unspecified atom stereocenters. The van der Waals surface area contributed by atoms with Crippen molar-refractivity contribution in [2.45, 2.75) is 71.1 Å². The van der Waals surface area contributed by atoms with Crippen molar-refractivity contribution in [1.29, 1.82) is 0 Å². The lowest BCUT2D eigenvalue weighted by Crippen LogP contribution is -2.00. The van der Waals surface area contributed by atoms with Crippen molar-refractivity contribution in [2.24, 2.45) is 0 Å². The van der Waals surface area contributed by atoms with Crippen molar-refractivity contribution < 1.29 is 19.1 Å². The highest BCUT2D eigenvalue weighted by Gasteiger charge is 1.99. The first-order valence-corrected chi connectivity index (χ1v) is 7.37. The zero-order valence-electron chi connectivity index (χ0n) is 12.4. The number of ether oxygens (including phenoxy) is 2. The fourth-order valence-corrected chi connectivity index (χ4v) is 1.93. The molecule has 0 atom stereocenters. The number of hydrogen-bond acceptors (Lipinski definition) is 4. The minimum Gasteiger partial charge on any atom is -0.469 e. The molecule has 0 aromatic rings. The molecule has 0 heterocycles. The van der Waals surface area contributed by atoms with Crippen LogP contribution in [0.2, 0.25) is 0 Å². The minimum absolute atomic E-state index is 0.104. The number of carbonyl (C=O) groups is 2. The standard InChI is InChI=1S/C15H28O4/c1-14(16)19-13-11-9-7-5-3-4-6-8-10-12-15(17)18-2/h3-13H2,1-2H3. The topological polar surface area (TPSA) is 52.6 Å². The average Bonchev–Trinajstić information content (AvgIpc) is 2.39. The Morgan fingerprint density at radius 1 is 0.789 bits per heavy atom. The molecule has 4 nitrogen and oxygen atoms in total. The maximum atomic E-state index is 10.9. The van der Waals surface area contributed by atoms with E-state index in [9.17, 15) is 9.59 Å². The summed E-state index contributed by atoms with van der Waals surface area (Å²) in [6, 6.07) is 0. The smallest absolute Gasteiger partial charge is 0.305 e. The molecule has 0 saturated heterocycles. The van der Waals surface area contributed by atoms with Crippen LogP contribution in [-0.4, -0.2) is 25.7 Å². The molecule has 0 rings (SSSR count). The Morgan fingerprint density at radius 3 is 1.74 bits per heavy atom. The average molecular weight is 272 g/mol. The number of rotatable bonds is 12. The second kappa shape index (κ2) is 13.4. The summed E-state index contributed by atoms with van der Waals surface area (Å²) in [6.45, 7) is 2.00. The van der Waals surface area contributed by atoms with Crippen molar-refractivity contribution >= 4 is 11.9 Å². The predicted molar refractivity (Wildman–Crippen MR) is 74.8 cm³/mol. The van der Waals surface area contributed by atoms with Gasteiger partial charge in [-0.2, -0.15) is 0 Å². The molecular formula is C15H28O4. The van der Waals surface area contributed by atoms with Gasteiger partial charge in [-0.15, -0.1) is 0 Å². The third-order valence-electron chi connectivity index (χ3n) is 3.06. The molecule has 0 amide bonds. The summed E-state index contributed by atoms with van der Waals surface area (Å²) in [6.07, 6.45) is 10.9. The summed E-state index contributed by atoms with van der Waals surface area (Å²) in [5.74, 6) is -0.292. The lowest BCUT2D eigenvalue weighted by Gasteiger charge is -2.03. The summed E-state index contributed by atoms with van der Waals surface area (Å²) < 4.78 is 9.45. The lowest BCUT2D eigenvalue weighted by atomic mass is 10.1. The van der Waals surface area contributed by atoms with Gasteiger partial charge in [0.2, 0.25) is 0 Å². The molecule has 0 aliphatic carbocycles. The van der Waals surface area contributed by atoms with E-state index in [-0.39, 0.29) is 11.9 Å². The summed E-state index contributed by atoms with van der Waals surface area (Å²) in [4.78, 5) is 21.4. The maximum absolute atomic E-state index is 10.9. The second-order valence-electron chi connectivity index (χ2n) is 4.85. The van der Waals surface area contributed by atoms with Gasteiger partial charge in [0.25, 0.3) is 0 Å². The van der Waals surface area contributed by atoms with Crippen LogP contribution in [0.1, 0.15) is 71.1 Å². The summed E-state index contributed by atoms with van der Waals surface area (Å²) in [7, 11) is 1.43. The van der Waals surface area contributed by atoms with E-state index in [4.69, 9.17) is 4.74 Å². The highest BCUT2D eigenvalue weighted by Crippen LogP contribution is 2.10. The zero-order valence-corrected chi connectivity index (χ0v) is 12.4. The zero-order chi connectivity index (χ0) is 14.3. The van der Waals surface area contributed by atoms with Crippen LogP contribution in [0.3, 0.4) is 0 Å². The van der Waals surface area contributed by atoms with E-state index in [1.807, 2.05) is 0 Å². The van der Waals surface area contributed by atoms with Gasteiger partial charge in [0.1, 0.15) is 0 Å². The fourth-order valence-electron chi connectivity index (χ4n) is 1.93. The van der Waals surface area contributed by atoms with Crippen molar-refractivity contribution in [3.05, 3.63) is 0 Å². The number of carbonyl (C=O) groups excluding carboxylic acids is 2. The van der Waals surface area contributed by atoms with E-state index in [0.29, 0.717) is 13.0 Å². The van der Waals surface area contributed by atoms with Gasteiger partial charge < -0.3 is 9.47 Å². The molecule has 0 N–H and O–H groups in total. The molecule has 19 heavy (non-hydrogen) atoms. The molecule has 0 fully saturated rings. The van der Waals surface area contributed by atoms with Gasteiger partial charge >= 0.3 is 11.9 Å². The summed E-state index contributed by atoms with van der Waals surface area (Å²) >= 11 is 0. The van der Waals surface area contributed by atoms with Crippen LogP contribution < -0.4 is 0 Å². The Morgan fingerprint density at radius 2 is 1.26 bits per heavy atom. The maximum Gasteiger partial charge on any atom is 0.305 e. The Balaban J connectivity index is 3.03. The van der Waals surface area contributed by atoms with Crippen LogP contribution >= 0.6 is 0 Å². The van der Waals surface area contributed by atoms with Crippen LogP contribution in [-0.2, 0) is 19.1 Å². The minimum atomic E-state index is -0.188. The van der Waals surface area contributed by atoms with Gasteiger partial charge in [-0.25, -0.2) is 0 Å². The Kier molecular flexibility index (Phi) is 12.6. The van der Waals surface area contributed by atoms with Crippen molar-refractivity contribution in [1.82, 2.24) is 0 Å². The molecule has 0 aliphatic rings. The van der Waals surface area contributed by atoms with Crippen molar-refractivity contribution in [3.63, 3.8) is 0 Å². The molecule has 0 aromatic carbocycles. The van der Waals surface area contributed by atoms with Gasteiger partial charge in [0, 0.05) is 13.3 Å². The third kappa shape index (κ3) is 14.9. The first kappa shape index (κ1) is 17.9. The quantitative estimate of drug-likeness (QED) is 0.402. The van der Waals surface area contributed by atoms with Gasteiger partial charge in [-0.05, 0) is 12.8 Å². The van der Waals surface area contributed by atoms with Crippen molar-refractivity contribution in [2.75, 3.05) is 13.7 Å². The third-order valence-corrected chi connectivity index (χ3v) is 3.06. The van der Waals surface area contributed by atoms with Crippen molar-refractivity contribution in [3.8, 4) is 0 Å². The van der Waals surface area contributed by atoms with E-state index >= 15 is 0 Å². The van der Waals surface area contributed by atoms with Gasteiger partial charge in [-0.3, -0.25) is 9.59 Å². The Hall–Kier alpha value is -1.06. The second-order valence-corrected chi connectivity index (χ2v) is 4.85. The molecule has 0 saturated carbocycles. The van der Waals surface area contributed by atoms with Gasteiger partial charge in [-0.1, -0.05) is 44.9 Å². The fraction of sp³-hybridized carbons (Fsp3) is 0.867. The van der Waals surface area contributed by atoms with E-state index in [0.717, 1.165) is 25.7 Å². The van der Waals surface area contributed by atoms with Gasteiger partial charge in [0.05, 0.1) is 13.7 Å². The number of hydrogen-bond donors (Lipinski definition) is 0. The van der Waals surface area contributed by atoms with Crippen LogP contribution in [0.15, 0.2) is 0 Å². The first-order chi connectivity index (χ1) is 9.16. The molecule has 0 radical (unpaired) electrons. The highest BCUT2D eigenvalue weighted by atomic mass is 16.5. The van der Waals surface area contributed by atoms with Gasteiger partial charge in [0.15, 0.2) is 0 Å². The molecule has 4 heteroatoms. The van der Waals surface area contributed by atoms with Crippen LogP contribution in [0.25, 0.3) is 0 Å². The van der Waals surface area contributed by atoms with E-state index in [2.05, 4.69) is 4.74 Å². The molecule has 0 bridgehead atoms. The monoisotopic (exact) mass is 272 g/mol. The number of methoxy groups -OCH3 is 1.